The summed E-state index contributed by atoms with van der Waals surface area (Å²) in [6, 6.07) is 10.5. The fraction of sp³-hybridized carbons (Fsp3) is 0.211. The molecule has 2 atom stereocenters. The van der Waals surface area contributed by atoms with E-state index in [1.807, 2.05) is 24.3 Å². The third-order valence-electron chi connectivity index (χ3n) is 4.52. The van der Waals surface area contributed by atoms with Crippen LogP contribution in [0.25, 0.3) is 0 Å². The topological polar surface area (TPSA) is 40.5 Å². The minimum atomic E-state index is -0.199. The summed E-state index contributed by atoms with van der Waals surface area (Å²) < 4.78 is 0. The molecule has 1 heterocycles. The van der Waals surface area contributed by atoms with Crippen molar-refractivity contribution in [1.82, 2.24) is 4.90 Å². The van der Waals surface area contributed by atoms with E-state index >= 15 is 0 Å². The van der Waals surface area contributed by atoms with Crippen molar-refractivity contribution in [2.24, 2.45) is 0 Å². The maximum atomic E-state index is 12.6. The number of hydrogen-bond acceptors (Lipinski definition) is 2. The maximum absolute atomic E-state index is 12.6. The zero-order valence-corrected chi connectivity index (χ0v) is 14.7. The Balaban J connectivity index is 2.13. The number of carbonyl (C=O) groups is 1. The number of fused-ring (bicyclic) bond motifs is 1. The molecule has 0 saturated carbocycles. The zero-order valence-electron chi connectivity index (χ0n) is 13.2. The Morgan fingerprint density at radius 2 is 2.04 bits per heavy atom. The second-order valence-electron chi connectivity index (χ2n) is 5.91. The Morgan fingerprint density at radius 3 is 2.71 bits per heavy atom. The lowest BCUT2D eigenvalue weighted by atomic mass is 9.84. The van der Waals surface area contributed by atoms with Gasteiger partial charge in [0.15, 0.2) is 0 Å². The molecule has 2 unspecified atom stereocenters. The largest absolute Gasteiger partial charge is 0.507 e. The molecule has 3 nitrogen and oxygen atoms in total. The third-order valence-corrected chi connectivity index (χ3v) is 5.26. The summed E-state index contributed by atoms with van der Waals surface area (Å²) in [6.45, 7) is 3.84. The van der Waals surface area contributed by atoms with Gasteiger partial charge in [-0.3, -0.25) is 4.79 Å². The average Bonchev–Trinajstić information content (AvgIpc) is 2.81. The van der Waals surface area contributed by atoms with Crippen molar-refractivity contribution in [2.75, 3.05) is 7.05 Å². The van der Waals surface area contributed by atoms with Crippen LogP contribution < -0.4 is 0 Å². The van der Waals surface area contributed by atoms with E-state index in [-0.39, 0.29) is 23.6 Å². The van der Waals surface area contributed by atoms with E-state index in [9.17, 15) is 9.90 Å². The maximum Gasteiger partial charge on any atom is 0.258 e. The predicted octanol–water partition coefficient (Wildman–Crippen LogP) is 5.19. The van der Waals surface area contributed by atoms with Crippen LogP contribution in [0.2, 0.25) is 10.0 Å². The fourth-order valence-electron chi connectivity index (χ4n) is 3.40. The van der Waals surface area contributed by atoms with Crippen molar-refractivity contribution in [2.45, 2.75) is 18.4 Å². The minimum absolute atomic E-state index is 0.0124. The molecule has 5 heteroatoms. The number of rotatable bonds is 4. The van der Waals surface area contributed by atoms with Gasteiger partial charge in [0, 0.05) is 13.0 Å². The second kappa shape index (κ2) is 6.50. The number of phenols is 1. The molecule has 0 saturated heterocycles. The van der Waals surface area contributed by atoms with E-state index in [4.69, 9.17) is 23.2 Å². The van der Waals surface area contributed by atoms with Gasteiger partial charge in [-0.15, -0.1) is 6.58 Å². The number of phenolic OH excluding ortho intramolecular Hbond substituents is 1. The Bertz CT molecular complexity index is 819. The van der Waals surface area contributed by atoms with E-state index in [2.05, 4.69) is 6.58 Å². The van der Waals surface area contributed by atoms with Crippen molar-refractivity contribution < 1.29 is 9.90 Å². The summed E-state index contributed by atoms with van der Waals surface area (Å²) in [6.07, 6.45) is 2.49. The van der Waals surface area contributed by atoms with Crippen LogP contribution in [0, 0.1) is 0 Å². The van der Waals surface area contributed by atoms with Crippen LogP contribution in [-0.4, -0.2) is 23.0 Å². The third kappa shape index (κ3) is 2.68. The van der Waals surface area contributed by atoms with Crippen molar-refractivity contribution in [1.29, 1.82) is 0 Å². The molecule has 24 heavy (non-hydrogen) atoms. The van der Waals surface area contributed by atoms with Gasteiger partial charge in [-0.25, -0.2) is 0 Å². The fourth-order valence-corrected chi connectivity index (χ4v) is 3.71. The highest BCUT2D eigenvalue weighted by Crippen LogP contribution is 2.46. The van der Waals surface area contributed by atoms with E-state index < -0.39 is 0 Å². The van der Waals surface area contributed by atoms with Gasteiger partial charge >= 0.3 is 0 Å². The Labute approximate surface area is 151 Å². The van der Waals surface area contributed by atoms with Gasteiger partial charge in [-0.2, -0.15) is 0 Å². The standard InChI is InChI=1S/C19H17Cl2NO2/c1-3-5-12(11-8-9-14(20)15(21)10-11)18-13-6-4-7-16(23)17(13)19(24)22(18)2/h3-4,6-10,12,18,23H,1,5H2,2H3. The molecule has 0 bridgehead atoms. The summed E-state index contributed by atoms with van der Waals surface area (Å²) in [5.41, 5.74) is 2.17. The van der Waals surface area contributed by atoms with Gasteiger partial charge in [0.05, 0.1) is 21.7 Å². The van der Waals surface area contributed by atoms with Gasteiger partial charge < -0.3 is 10.0 Å². The van der Waals surface area contributed by atoms with E-state index in [0.717, 1.165) is 11.1 Å². The first-order valence-electron chi connectivity index (χ1n) is 7.60. The van der Waals surface area contributed by atoms with Crippen molar-refractivity contribution in [3.05, 3.63) is 75.8 Å². The molecule has 1 amide bonds. The van der Waals surface area contributed by atoms with E-state index in [0.29, 0.717) is 22.0 Å². The Hall–Kier alpha value is -1.97. The second-order valence-corrected chi connectivity index (χ2v) is 6.72. The van der Waals surface area contributed by atoms with Crippen LogP contribution in [-0.2, 0) is 0 Å². The summed E-state index contributed by atoms with van der Waals surface area (Å²) in [7, 11) is 1.75. The normalized spacial score (nSPS) is 17.7. The number of aromatic hydroxyl groups is 1. The molecule has 124 valence electrons. The molecular formula is C19H17Cl2NO2. The highest BCUT2D eigenvalue weighted by molar-refractivity contribution is 6.42. The van der Waals surface area contributed by atoms with Crippen molar-refractivity contribution in [3.8, 4) is 5.75 Å². The van der Waals surface area contributed by atoms with E-state index in [1.165, 1.54) is 6.07 Å². The number of benzene rings is 2. The monoisotopic (exact) mass is 361 g/mol. The van der Waals surface area contributed by atoms with Crippen LogP contribution >= 0.6 is 23.2 Å². The van der Waals surface area contributed by atoms with Crippen molar-refractivity contribution in [3.63, 3.8) is 0 Å². The summed E-state index contributed by atoms with van der Waals surface area (Å²) in [5.74, 6) is -0.199. The molecule has 0 aromatic heterocycles. The number of carbonyl (C=O) groups excluding carboxylic acids is 1. The number of allylic oxidation sites excluding steroid dienone is 1. The summed E-state index contributed by atoms with van der Waals surface area (Å²) >= 11 is 12.2. The number of halogens is 2. The van der Waals surface area contributed by atoms with Crippen LogP contribution in [0.3, 0.4) is 0 Å². The number of hydrogen-bond donors (Lipinski definition) is 1. The highest BCUT2D eigenvalue weighted by atomic mass is 35.5. The predicted molar refractivity (Wildman–Crippen MR) is 97.0 cm³/mol. The molecule has 2 aromatic rings. The van der Waals surface area contributed by atoms with Crippen LogP contribution in [0.4, 0.5) is 0 Å². The van der Waals surface area contributed by atoms with Crippen molar-refractivity contribution >= 4 is 29.1 Å². The minimum Gasteiger partial charge on any atom is -0.507 e. The first-order valence-corrected chi connectivity index (χ1v) is 8.36. The van der Waals surface area contributed by atoms with Crippen LogP contribution in [0.1, 0.15) is 39.9 Å². The van der Waals surface area contributed by atoms with E-state index in [1.54, 1.807) is 24.1 Å². The molecule has 0 radical (unpaired) electrons. The lowest BCUT2D eigenvalue weighted by molar-refractivity contribution is 0.0753. The highest BCUT2D eigenvalue weighted by Gasteiger charge is 2.40. The average molecular weight is 362 g/mol. The summed E-state index contributed by atoms with van der Waals surface area (Å²) in [4.78, 5) is 14.2. The lowest BCUT2D eigenvalue weighted by Crippen LogP contribution is -2.27. The summed E-state index contributed by atoms with van der Waals surface area (Å²) in [5, 5.41) is 11.1. The molecule has 0 spiro atoms. The van der Waals surface area contributed by atoms with Gasteiger partial charge in [0.25, 0.3) is 5.91 Å². The van der Waals surface area contributed by atoms with Gasteiger partial charge in [0.1, 0.15) is 5.75 Å². The SMILES string of the molecule is C=CCC(c1ccc(Cl)c(Cl)c1)C1c2cccc(O)c2C(=O)N1C. The van der Waals surface area contributed by atoms with Gasteiger partial charge in [0.2, 0.25) is 0 Å². The number of amides is 1. The van der Waals surface area contributed by atoms with Crippen LogP contribution in [0.15, 0.2) is 49.1 Å². The number of nitrogens with zero attached hydrogens (tertiary/aromatic N) is 1. The lowest BCUT2D eigenvalue weighted by Gasteiger charge is -2.30. The van der Waals surface area contributed by atoms with Gasteiger partial charge in [-0.05, 0) is 35.7 Å². The smallest absolute Gasteiger partial charge is 0.258 e. The van der Waals surface area contributed by atoms with Crippen LogP contribution in [0.5, 0.6) is 5.75 Å². The van der Waals surface area contributed by atoms with Gasteiger partial charge in [-0.1, -0.05) is 47.5 Å². The molecule has 0 aliphatic carbocycles. The Morgan fingerprint density at radius 1 is 1.29 bits per heavy atom. The molecule has 1 aliphatic heterocycles. The molecule has 2 aromatic carbocycles. The molecular weight excluding hydrogens is 345 g/mol. The quantitative estimate of drug-likeness (QED) is 0.761. The first-order chi connectivity index (χ1) is 11.5. The number of likely N-dealkylation sites (N-methyl/N-ethyl adjacent to an activating group) is 1. The zero-order chi connectivity index (χ0) is 17.4. The molecule has 0 fully saturated rings. The first kappa shape index (κ1) is 16.9. The molecule has 1 aliphatic rings. The molecule has 3 rings (SSSR count). The molecule has 1 N–H and O–H groups in total. The Kier molecular flexibility index (Phi) is 4.57.